The predicted octanol–water partition coefficient (Wildman–Crippen LogP) is 1.17. The molecule has 0 spiro atoms. The summed E-state index contributed by atoms with van der Waals surface area (Å²) in [5.41, 5.74) is 5.61. The van der Waals surface area contributed by atoms with Crippen LogP contribution in [-0.4, -0.2) is 48.5 Å². The minimum absolute atomic E-state index is 0.0145. The first-order chi connectivity index (χ1) is 9.93. The lowest BCUT2D eigenvalue weighted by atomic mass is 10.2. The van der Waals surface area contributed by atoms with Crippen LogP contribution >= 0.6 is 11.8 Å². The van der Waals surface area contributed by atoms with E-state index < -0.39 is 12.0 Å². The lowest BCUT2D eigenvalue weighted by Gasteiger charge is -2.15. The molecule has 0 fully saturated rings. The molecule has 0 radical (unpaired) electrons. The SMILES string of the molecule is COC(=O)C(N)CCSCC(=O)N(C)Cc1ccc(C)o1. The van der Waals surface area contributed by atoms with Crippen molar-refractivity contribution in [2.24, 2.45) is 5.73 Å². The Morgan fingerprint density at radius 2 is 2.19 bits per heavy atom. The Balaban J connectivity index is 2.22. The average molecular weight is 314 g/mol. The summed E-state index contributed by atoms with van der Waals surface area (Å²) in [4.78, 5) is 24.7. The maximum absolute atomic E-state index is 11.9. The minimum Gasteiger partial charge on any atom is -0.468 e. The molecule has 1 heterocycles. The van der Waals surface area contributed by atoms with Gasteiger partial charge in [-0.05, 0) is 31.2 Å². The van der Waals surface area contributed by atoms with Gasteiger partial charge in [0.25, 0.3) is 0 Å². The van der Waals surface area contributed by atoms with Crippen LogP contribution in [0.2, 0.25) is 0 Å². The number of nitrogens with zero attached hydrogens (tertiary/aromatic N) is 1. The van der Waals surface area contributed by atoms with Gasteiger partial charge >= 0.3 is 5.97 Å². The lowest BCUT2D eigenvalue weighted by molar-refractivity contribution is -0.142. The number of hydrogen-bond donors (Lipinski definition) is 1. The number of rotatable bonds is 8. The van der Waals surface area contributed by atoms with Crippen molar-refractivity contribution >= 4 is 23.6 Å². The summed E-state index contributed by atoms with van der Waals surface area (Å²) in [7, 11) is 3.05. The number of aryl methyl sites for hydroxylation is 1. The highest BCUT2D eigenvalue weighted by Crippen LogP contribution is 2.11. The molecule has 118 valence electrons. The number of carbonyl (C=O) groups is 2. The van der Waals surface area contributed by atoms with E-state index in [2.05, 4.69) is 4.74 Å². The molecule has 21 heavy (non-hydrogen) atoms. The number of thioether (sulfide) groups is 1. The van der Waals surface area contributed by atoms with E-state index in [1.54, 1.807) is 11.9 Å². The molecular weight excluding hydrogens is 292 g/mol. The third-order valence-corrected chi connectivity index (χ3v) is 3.89. The maximum atomic E-state index is 11.9. The van der Waals surface area contributed by atoms with Crippen LogP contribution in [0.4, 0.5) is 0 Å². The topological polar surface area (TPSA) is 85.8 Å². The van der Waals surface area contributed by atoms with Crippen molar-refractivity contribution in [3.63, 3.8) is 0 Å². The van der Waals surface area contributed by atoms with Gasteiger partial charge in [0, 0.05) is 7.05 Å². The number of furan rings is 1. The second-order valence-corrected chi connectivity index (χ2v) is 5.84. The molecule has 1 rings (SSSR count). The maximum Gasteiger partial charge on any atom is 0.322 e. The van der Waals surface area contributed by atoms with E-state index in [1.807, 2.05) is 19.1 Å². The van der Waals surface area contributed by atoms with Gasteiger partial charge in [-0.3, -0.25) is 9.59 Å². The van der Waals surface area contributed by atoms with Gasteiger partial charge < -0.3 is 19.8 Å². The van der Waals surface area contributed by atoms with E-state index in [0.29, 0.717) is 24.5 Å². The monoisotopic (exact) mass is 314 g/mol. The summed E-state index contributed by atoms with van der Waals surface area (Å²) in [5.74, 6) is 2.17. The van der Waals surface area contributed by atoms with Crippen molar-refractivity contribution in [2.45, 2.75) is 25.9 Å². The number of esters is 1. The zero-order valence-electron chi connectivity index (χ0n) is 12.6. The van der Waals surface area contributed by atoms with Crippen LogP contribution in [0.3, 0.4) is 0 Å². The normalized spacial score (nSPS) is 12.0. The smallest absolute Gasteiger partial charge is 0.322 e. The van der Waals surface area contributed by atoms with Crippen molar-refractivity contribution in [3.8, 4) is 0 Å². The number of hydrogen-bond acceptors (Lipinski definition) is 6. The molecule has 1 amide bonds. The molecule has 6 nitrogen and oxygen atoms in total. The van der Waals surface area contributed by atoms with Gasteiger partial charge in [-0.2, -0.15) is 11.8 Å². The third kappa shape index (κ3) is 6.22. The molecule has 1 atom stereocenters. The quantitative estimate of drug-likeness (QED) is 0.572. The highest BCUT2D eigenvalue weighted by Gasteiger charge is 2.14. The van der Waals surface area contributed by atoms with Gasteiger partial charge in [-0.25, -0.2) is 0 Å². The van der Waals surface area contributed by atoms with Gasteiger partial charge in [-0.1, -0.05) is 0 Å². The molecule has 0 aliphatic carbocycles. The minimum atomic E-state index is -0.624. The van der Waals surface area contributed by atoms with Crippen molar-refractivity contribution in [3.05, 3.63) is 23.7 Å². The van der Waals surface area contributed by atoms with Crippen LogP contribution in [0.1, 0.15) is 17.9 Å². The van der Waals surface area contributed by atoms with E-state index in [4.69, 9.17) is 10.2 Å². The zero-order chi connectivity index (χ0) is 15.8. The second kappa shape index (κ2) is 8.74. The molecule has 0 aliphatic heterocycles. The molecule has 0 saturated carbocycles. The predicted molar refractivity (Wildman–Crippen MR) is 81.9 cm³/mol. The Labute approximate surface area is 129 Å². The fourth-order valence-electron chi connectivity index (χ4n) is 1.64. The summed E-state index contributed by atoms with van der Waals surface area (Å²) in [6.07, 6.45) is 0.492. The number of amides is 1. The van der Waals surface area contributed by atoms with E-state index >= 15 is 0 Å². The number of ether oxygens (including phenoxy) is 1. The molecular formula is C14H22N2O4S. The van der Waals surface area contributed by atoms with Crippen LogP contribution in [0.25, 0.3) is 0 Å². The van der Waals surface area contributed by atoms with Gasteiger partial charge in [0.05, 0.1) is 19.4 Å². The van der Waals surface area contributed by atoms with Crippen molar-refractivity contribution in [1.29, 1.82) is 0 Å². The number of carbonyl (C=O) groups excluding carboxylic acids is 2. The molecule has 1 aromatic heterocycles. The van der Waals surface area contributed by atoms with Gasteiger partial charge in [0.2, 0.25) is 5.91 Å². The summed E-state index contributed by atoms with van der Waals surface area (Å²) >= 11 is 1.45. The number of nitrogens with two attached hydrogens (primary N) is 1. The highest BCUT2D eigenvalue weighted by molar-refractivity contribution is 7.99. The van der Waals surface area contributed by atoms with Gasteiger partial charge in [-0.15, -0.1) is 0 Å². The van der Waals surface area contributed by atoms with Crippen molar-refractivity contribution < 1.29 is 18.7 Å². The largest absolute Gasteiger partial charge is 0.468 e. The fourth-order valence-corrected chi connectivity index (χ4v) is 2.60. The Hall–Kier alpha value is -1.47. The van der Waals surface area contributed by atoms with E-state index in [-0.39, 0.29) is 5.91 Å². The van der Waals surface area contributed by atoms with E-state index in [1.165, 1.54) is 18.9 Å². The first kappa shape index (κ1) is 17.6. The second-order valence-electron chi connectivity index (χ2n) is 4.73. The van der Waals surface area contributed by atoms with Crippen LogP contribution in [0.15, 0.2) is 16.5 Å². The van der Waals surface area contributed by atoms with Crippen LogP contribution < -0.4 is 5.73 Å². The summed E-state index contributed by atoms with van der Waals surface area (Å²) in [6.45, 7) is 2.32. The van der Waals surface area contributed by atoms with E-state index in [9.17, 15) is 9.59 Å². The molecule has 0 bridgehead atoms. The first-order valence-corrected chi connectivity index (χ1v) is 7.80. The fraction of sp³-hybridized carbons (Fsp3) is 0.571. The van der Waals surface area contributed by atoms with Crippen LogP contribution in [0.5, 0.6) is 0 Å². The summed E-state index contributed by atoms with van der Waals surface area (Å²) < 4.78 is 9.97. The van der Waals surface area contributed by atoms with Crippen molar-refractivity contribution in [1.82, 2.24) is 4.90 Å². The van der Waals surface area contributed by atoms with Gasteiger partial charge in [0.1, 0.15) is 17.6 Å². The van der Waals surface area contributed by atoms with Crippen LogP contribution in [-0.2, 0) is 20.9 Å². The Kier molecular flexibility index (Phi) is 7.31. The average Bonchev–Trinajstić information content (AvgIpc) is 2.87. The standard InChI is InChI=1S/C14H22N2O4S/c1-10-4-5-11(20-10)8-16(2)13(17)9-21-7-6-12(15)14(18)19-3/h4-5,12H,6-9,15H2,1-3H3. The molecule has 0 aromatic carbocycles. The van der Waals surface area contributed by atoms with E-state index in [0.717, 1.165) is 11.5 Å². The molecule has 0 aliphatic rings. The Morgan fingerprint density at radius 3 is 2.76 bits per heavy atom. The molecule has 0 saturated heterocycles. The Bertz CT molecular complexity index is 475. The van der Waals surface area contributed by atoms with Crippen LogP contribution in [0, 0.1) is 6.92 Å². The molecule has 1 aromatic rings. The third-order valence-electron chi connectivity index (χ3n) is 2.92. The lowest BCUT2D eigenvalue weighted by Crippen LogP contribution is -2.32. The zero-order valence-corrected chi connectivity index (χ0v) is 13.4. The summed E-state index contributed by atoms with van der Waals surface area (Å²) in [5, 5.41) is 0. The highest BCUT2D eigenvalue weighted by atomic mass is 32.2. The van der Waals surface area contributed by atoms with Crippen molar-refractivity contribution in [2.75, 3.05) is 25.7 Å². The van der Waals surface area contributed by atoms with Gasteiger partial charge in [0.15, 0.2) is 0 Å². The first-order valence-electron chi connectivity index (χ1n) is 6.64. The Morgan fingerprint density at radius 1 is 1.48 bits per heavy atom. The molecule has 1 unspecified atom stereocenters. The number of methoxy groups -OCH3 is 1. The molecule has 7 heteroatoms. The summed E-state index contributed by atoms with van der Waals surface area (Å²) in [6, 6.07) is 3.11. The molecule has 2 N–H and O–H groups in total.